The van der Waals surface area contributed by atoms with Crippen LogP contribution in [0.25, 0.3) is 0 Å². The molecule has 1 aromatic rings. The Bertz CT molecular complexity index is 757. The molecule has 1 aromatic carbocycles. The highest BCUT2D eigenvalue weighted by molar-refractivity contribution is 6.13. The van der Waals surface area contributed by atoms with Crippen molar-refractivity contribution in [2.24, 2.45) is 17.8 Å². The van der Waals surface area contributed by atoms with Crippen molar-refractivity contribution in [2.75, 3.05) is 12.4 Å². The summed E-state index contributed by atoms with van der Waals surface area (Å²) in [5.74, 6) is -1.23. The Hall–Kier alpha value is -2.75. The largest absolute Gasteiger partial charge is 0.387 e. The number of benzene rings is 1. The Kier molecular flexibility index (Phi) is 9.46. The maximum Gasteiger partial charge on any atom is 0.168 e. The van der Waals surface area contributed by atoms with Crippen LogP contribution in [0.2, 0.25) is 0 Å². The van der Waals surface area contributed by atoms with Gasteiger partial charge < -0.3 is 5.32 Å². The van der Waals surface area contributed by atoms with Gasteiger partial charge in [0.15, 0.2) is 17.3 Å². The van der Waals surface area contributed by atoms with Crippen LogP contribution in [0.5, 0.6) is 0 Å². The van der Waals surface area contributed by atoms with Gasteiger partial charge in [-0.25, -0.2) is 0 Å². The van der Waals surface area contributed by atoms with Gasteiger partial charge >= 0.3 is 0 Å². The zero-order valence-corrected chi connectivity index (χ0v) is 18.1. The van der Waals surface area contributed by atoms with E-state index in [-0.39, 0.29) is 35.1 Å². The Balaban J connectivity index is 3.67. The van der Waals surface area contributed by atoms with Crippen molar-refractivity contribution in [1.29, 1.82) is 0 Å². The van der Waals surface area contributed by atoms with Crippen LogP contribution < -0.4 is 5.32 Å². The van der Waals surface area contributed by atoms with Crippen LogP contribution in [-0.2, 0) is 0 Å². The highest BCUT2D eigenvalue weighted by Crippen LogP contribution is 2.30. The number of hydrogen-bond acceptors (Lipinski definition) is 4. The molecule has 156 valence electrons. The van der Waals surface area contributed by atoms with E-state index < -0.39 is 0 Å². The number of anilines is 1. The van der Waals surface area contributed by atoms with Crippen molar-refractivity contribution in [3.8, 4) is 0 Å². The zero-order valence-electron chi connectivity index (χ0n) is 18.1. The summed E-state index contributed by atoms with van der Waals surface area (Å²) >= 11 is 0. The van der Waals surface area contributed by atoms with Gasteiger partial charge in [-0.3, -0.25) is 14.4 Å². The van der Waals surface area contributed by atoms with Gasteiger partial charge in [0.05, 0.1) is 5.69 Å². The molecule has 4 nitrogen and oxygen atoms in total. The van der Waals surface area contributed by atoms with E-state index in [4.69, 9.17) is 0 Å². The van der Waals surface area contributed by atoms with Crippen LogP contribution in [0.3, 0.4) is 0 Å². The lowest BCUT2D eigenvalue weighted by Gasteiger charge is -2.20. The number of Topliss-reactive ketones (excluding diaryl/α,β-unsaturated/α-hetero) is 3. The van der Waals surface area contributed by atoms with E-state index in [1.54, 1.807) is 37.4 Å². The Labute approximate surface area is 174 Å². The van der Waals surface area contributed by atoms with Crippen molar-refractivity contribution >= 4 is 23.0 Å². The third-order valence-electron chi connectivity index (χ3n) is 5.11. The molecule has 0 spiro atoms. The average Bonchev–Trinajstić information content (AvgIpc) is 2.71. The van der Waals surface area contributed by atoms with E-state index in [0.717, 1.165) is 0 Å². The fourth-order valence-electron chi connectivity index (χ4n) is 3.33. The number of rotatable bonds is 13. The highest BCUT2D eigenvalue weighted by Gasteiger charge is 2.27. The van der Waals surface area contributed by atoms with Crippen LogP contribution >= 0.6 is 0 Å². The molecule has 29 heavy (non-hydrogen) atoms. The maximum atomic E-state index is 13.1. The summed E-state index contributed by atoms with van der Waals surface area (Å²) < 4.78 is 0. The van der Waals surface area contributed by atoms with E-state index in [2.05, 4.69) is 25.1 Å². The van der Waals surface area contributed by atoms with Gasteiger partial charge in [-0.1, -0.05) is 39.0 Å². The van der Waals surface area contributed by atoms with E-state index in [9.17, 15) is 14.4 Å². The molecule has 0 fully saturated rings. The predicted molar refractivity (Wildman–Crippen MR) is 121 cm³/mol. The molecular formula is C25H33NO3. The quantitative estimate of drug-likeness (QED) is 0.333. The second-order valence-corrected chi connectivity index (χ2v) is 7.57. The molecule has 4 heteroatoms. The Morgan fingerprint density at radius 3 is 1.45 bits per heavy atom. The van der Waals surface area contributed by atoms with Gasteiger partial charge in [0, 0.05) is 41.5 Å². The van der Waals surface area contributed by atoms with Gasteiger partial charge in [-0.15, -0.1) is 19.7 Å². The number of carbonyl (C=O) groups is 3. The lowest BCUT2D eigenvalue weighted by Crippen LogP contribution is -2.20. The fourth-order valence-corrected chi connectivity index (χ4v) is 3.33. The van der Waals surface area contributed by atoms with Gasteiger partial charge in [-0.2, -0.15) is 0 Å². The lowest BCUT2D eigenvalue weighted by atomic mass is 9.85. The molecule has 0 aromatic heterocycles. The van der Waals surface area contributed by atoms with E-state index >= 15 is 0 Å². The molecule has 3 atom stereocenters. The van der Waals surface area contributed by atoms with Gasteiger partial charge in [0.1, 0.15) is 0 Å². The second-order valence-electron chi connectivity index (χ2n) is 7.57. The topological polar surface area (TPSA) is 63.2 Å². The van der Waals surface area contributed by atoms with Gasteiger partial charge in [0.25, 0.3) is 0 Å². The van der Waals surface area contributed by atoms with Crippen molar-refractivity contribution in [3.05, 3.63) is 66.8 Å². The fraction of sp³-hybridized carbons (Fsp3) is 0.400. The molecule has 0 bridgehead atoms. The zero-order chi connectivity index (χ0) is 22.1. The summed E-state index contributed by atoms with van der Waals surface area (Å²) in [5.41, 5.74) is 1.58. The molecule has 0 radical (unpaired) electrons. The first kappa shape index (κ1) is 24.3. The van der Waals surface area contributed by atoms with Gasteiger partial charge in [-0.05, 0) is 31.4 Å². The molecule has 0 amide bonds. The van der Waals surface area contributed by atoms with Crippen LogP contribution in [0, 0.1) is 17.8 Å². The summed E-state index contributed by atoms with van der Waals surface area (Å²) in [7, 11) is 1.68. The first-order chi connectivity index (χ1) is 13.7. The highest BCUT2D eigenvalue weighted by atomic mass is 16.1. The van der Waals surface area contributed by atoms with Crippen LogP contribution in [0.1, 0.15) is 71.1 Å². The molecule has 0 aliphatic rings. The molecule has 1 rings (SSSR count). The number of nitrogens with one attached hydrogen (secondary N) is 1. The minimum Gasteiger partial charge on any atom is -0.387 e. The van der Waals surface area contributed by atoms with Crippen LogP contribution in [-0.4, -0.2) is 24.4 Å². The number of allylic oxidation sites excluding steroid dienone is 3. The molecule has 0 saturated carbocycles. The molecular weight excluding hydrogens is 362 g/mol. The summed E-state index contributed by atoms with van der Waals surface area (Å²) in [5, 5.41) is 3.02. The smallest absolute Gasteiger partial charge is 0.168 e. The van der Waals surface area contributed by atoms with Crippen molar-refractivity contribution < 1.29 is 14.4 Å². The molecule has 0 heterocycles. The summed E-state index contributed by atoms with van der Waals surface area (Å²) in [6.45, 7) is 16.6. The van der Waals surface area contributed by atoms with Crippen molar-refractivity contribution in [1.82, 2.24) is 0 Å². The summed E-state index contributed by atoms with van der Waals surface area (Å²) in [4.78, 5) is 39.2. The molecule has 0 saturated heterocycles. The predicted octanol–water partition coefficient (Wildman–Crippen LogP) is 5.91. The van der Waals surface area contributed by atoms with Crippen molar-refractivity contribution in [2.45, 2.75) is 40.0 Å². The molecule has 0 aliphatic heterocycles. The summed E-state index contributed by atoms with van der Waals surface area (Å²) in [6.07, 6.45) is 6.65. The van der Waals surface area contributed by atoms with Crippen LogP contribution in [0.15, 0.2) is 50.1 Å². The number of ketones is 3. The molecule has 1 N–H and O–H groups in total. The Morgan fingerprint density at radius 1 is 0.793 bits per heavy atom. The minimum atomic E-state index is -0.302. The van der Waals surface area contributed by atoms with E-state index in [1.807, 2.05) is 20.8 Å². The Morgan fingerprint density at radius 2 is 1.14 bits per heavy atom. The summed E-state index contributed by atoms with van der Waals surface area (Å²) in [6, 6.07) is 3.23. The maximum absolute atomic E-state index is 13.1. The van der Waals surface area contributed by atoms with E-state index in [0.29, 0.717) is 41.6 Å². The normalized spacial score (nSPS) is 13.7. The average molecular weight is 396 g/mol. The SMILES string of the molecule is C=CCC(C)C(=O)c1cc(C(=O)C(C)CC=C)c(NC)c(C(=O)C(C)CC=C)c1. The molecule has 0 aliphatic carbocycles. The van der Waals surface area contributed by atoms with Crippen LogP contribution in [0.4, 0.5) is 5.69 Å². The minimum absolute atomic E-state index is 0.108. The van der Waals surface area contributed by atoms with Gasteiger partial charge in [0.2, 0.25) is 0 Å². The monoisotopic (exact) mass is 395 g/mol. The second kappa shape index (κ2) is 11.3. The molecule has 3 unspecified atom stereocenters. The lowest BCUT2D eigenvalue weighted by molar-refractivity contribution is 0.0931. The first-order valence-electron chi connectivity index (χ1n) is 10.0. The first-order valence-corrected chi connectivity index (χ1v) is 10.0. The number of hydrogen-bond donors (Lipinski definition) is 1. The third kappa shape index (κ3) is 5.86. The third-order valence-corrected chi connectivity index (χ3v) is 5.11. The number of carbonyl (C=O) groups excluding carboxylic acids is 3. The standard InChI is InChI=1S/C25H33NO3/c1-8-11-16(4)23(27)19-14-20(24(28)17(5)12-9-2)22(26-7)21(15-19)25(29)18(6)13-10-3/h8-10,14-18,26H,1-3,11-13H2,4-7H3. The van der Waals surface area contributed by atoms with E-state index in [1.165, 1.54) is 0 Å². The van der Waals surface area contributed by atoms with Crippen molar-refractivity contribution in [3.63, 3.8) is 0 Å².